The molecule has 0 unspecified atom stereocenters. The van der Waals surface area contributed by atoms with E-state index in [-0.39, 0.29) is 17.6 Å². The second-order valence-corrected chi connectivity index (χ2v) is 11.5. The number of thiocarbonyl (C=S) groups is 1. The minimum Gasteiger partial charge on any atom is -0.365 e. The summed E-state index contributed by atoms with van der Waals surface area (Å²) in [5.74, 6) is 0. The molecule has 1 aromatic heterocycles. The van der Waals surface area contributed by atoms with Crippen molar-refractivity contribution in [2.75, 3.05) is 16.8 Å². The van der Waals surface area contributed by atoms with Gasteiger partial charge in [-0.2, -0.15) is 0 Å². The number of anilines is 2. The van der Waals surface area contributed by atoms with Crippen LogP contribution in [0.25, 0.3) is 5.57 Å². The highest BCUT2D eigenvalue weighted by molar-refractivity contribution is 9.10. The minimum absolute atomic E-state index is 0.0874. The molecule has 2 aliphatic rings. The van der Waals surface area contributed by atoms with E-state index in [9.17, 15) is 0 Å². The molecule has 2 atom stereocenters. The quantitative estimate of drug-likeness (QED) is 0.329. The number of rotatable bonds is 3. The summed E-state index contributed by atoms with van der Waals surface area (Å²) in [6.45, 7) is 8.70. The van der Waals surface area contributed by atoms with Gasteiger partial charge in [-0.05, 0) is 99.1 Å². The van der Waals surface area contributed by atoms with Gasteiger partial charge in [-0.25, -0.2) is 0 Å². The van der Waals surface area contributed by atoms with Crippen LogP contribution in [0, 0.1) is 6.92 Å². The average Bonchev–Trinajstić information content (AvgIpc) is 3.16. The SMILES string of the molecule is CC1=CC(C)(C)N(C)c2cc(Cl)c([C@H]3[C@@H](c4ccccn4)NC(=S)N3c3ccc(Br)c(C)c3)cc21. The Hall–Kier alpha value is -2.41. The number of fused-ring (bicyclic) bond motifs is 1. The molecule has 180 valence electrons. The molecule has 5 rings (SSSR count). The average molecular weight is 568 g/mol. The first-order valence-electron chi connectivity index (χ1n) is 11.6. The van der Waals surface area contributed by atoms with Gasteiger partial charge in [0.05, 0.1) is 23.3 Å². The van der Waals surface area contributed by atoms with Crippen molar-refractivity contribution in [2.45, 2.75) is 45.3 Å². The van der Waals surface area contributed by atoms with Crippen molar-refractivity contribution in [3.8, 4) is 0 Å². The van der Waals surface area contributed by atoms with E-state index in [0.29, 0.717) is 5.11 Å². The number of nitrogens with one attached hydrogen (secondary N) is 1. The van der Waals surface area contributed by atoms with Gasteiger partial charge in [0.2, 0.25) is 0 Å². The maximum Gasteiger partial charge on any atom is 0.174 e. The Bertz CT molecular complexity index is 1350. The highest BCUT2D eigenvalue weighted by Crippen LogP contribution is 2.48. The van der Waals surface area contributed by atoms with Gasteiger partial charge in [0.1, 0.15) is 0 Å². The highest BCUT2D eigenvalue weighted by Gasteiger charge is 2.42. The van der Waals surface area contributed by atoms with Crippen molar-refractivity contribution in [1.29, 1.82) is 0 Å². The molecule has 0 radical (unpaired) electrons. The number of nitrogens with zero attached hydrogens (tertiary/aromatic N) is 3. The lowest BCUT2D eigenvalue weighted by Crippen LogP contribution is -2.42. The van der Waals surface area contributed by atoms with Crippen molar-refractivity contribution in [3.63, 3.8) is 0 Å². The Morgan fingerprint density at radius 3 is 2.57 bits per heavy atom. The molecule has 3 heterocycles. The summed E-state index contributed by atoms with van der Waals surface area (Å²) in [7, 11) is 2.12. The van der Waals surface area contributed by atoms with Crippen LogP contribution in [-0.4, -0.2) is 22.7 Å². The number of hydrogen-bond donors (Lipinski definition) is 1. The number of benzene rings is 2. The van der Waals surface area contributed by atoms with Crippen molar-refractivity contribution in [3.05, 3.63) is 92.7 Å². The zero-order chi connectivity index (χ0) is 25.1. The van der Waals surface area contributed by atoms with Gasteiger partial charge in [0, 0.05) is 39.7 Å². The smallest absolute Gasteiger partial charge is 0.174 e. The van der Waals surface area contributed by atoms with E-state index in [2.05, 4.69) is 107 Å². The molecule has 3 aromatic rings. The summed E-state index contributed by atoms with van der Waals surface area (Å²) in [6, 6.07) is 16.3. The lowest BCUT2D eigenvalue weighted by molar-refractivity contribution is 0.567. The molecule has 0 spiro atoms. The fourth-order valence-electron chi connectivity index (χ4n) is 5.14. The van der Waals surface area contributed by atoms with E-state index in [4.69, 9.17) is 23.8 Å². The van der Waals surface area contributed by atoms with Crippen LogP contribution in [0.5, 0.6) is 0 Å². The van der Waals surface area contributed by atoms with Crippen LogP contribution in [0.2, 0.25) is 5.02 Å². The van der Waals surface area contributed by atoms with Gasteiger partial charge >= 0.3 is 0 Å². The number of likely N-dealkylation sites (N-methyl/N-ethyl adjacent to an activating group) is 1. The predicted molar refractivity (Wildman–Crippen MR) is 154 cm³/mol. The first-order valence-corrected chi connectivity index (χ1v) is 13.2. The maximum absolute atomic E-state index is 7.09. The van der Waals surface area contributed by atoms with Crippen LogP contribution in [0.1, 0.15) is 55.2 Å². The third-order valence-electron chi connectivity index (χ3n) is 7.17. The molecule has 0 amide bonds. The fourth-order valence-corrected chi connectivity index (χ4v) is 6.00. The van der Waals surface area contributed by atoms with Crippen LogP contribution < -0.4 is 15.1 Å². The third kappa shape index (κ3) is 4.15. The van der Waals surface area contributed by atoms with Crippen molar-refractivity contribution in [2.24, 2.45) is 0 Å². The molecule has 2 aromatic carbocycles. The summed E-state index contributed by atoms with van der Waals surface area (Å²) in [5, 5.41) is 4.92. The zero-order valence-corrected chi connectivity index (χ0v) is 23.6. The third-order valence-corrected chi connectivity index (χ3v) is 8.70. The minimum atomic E-state index is -0.163. The Labute approximate surface area is 226 Å². The lowest BCUT2D eigenvalue weighted by Gasteiger charge is -2.41. The number of aryl methyl sites for hydroxylation is 1. The molecule has 0 bridgehead atoms. The Kier molecular flexibility index (Phi) is 6.19. The molecule has 1 N–H and O–H groups in total. The number of allylic oxidation sites excluding steroid dienone is 1. The highest BCUT2D eigenvalue weighted by atomic mass is 79.9. The molecule has 2 aliphatic heterocycles. The molecular weight excluding hydrogens is 540 g/mol. The molecule has 4 nitrogen and oxygen atoms in total. The molecule has 0 saturated carbocycles. The number of pyridine rings is 1. The van der Waals surface area contributed by atoms with E-state index in [1.165, 1.54) is 11.1 Å². The number of halogens is 2. The van der Waals surface area contributed by atoms with E-state index in [1.807, 2.05) is 24.4 Å². The number of aromatic nitrogens is 1. The van der Waals surface area contributed by atoms with Gasteiger partial charge < -0.3 is 15.1 Å². The Balaban J connectivity index is 1.71. The van der Waals surface area contributed by atoms with Gasteiger partial charge in [-0.1, -0.05) is 39.7 Å². The maximum atomic E-state index is 7.09. The van der Waals surface area contributed by atoms with E-state index in [1.54, 1.807) is 0 Å². The standard InChI is InChI=1S/C28H28BrClN4S/c1-16-12-18(9-10-21(16)29)34-26(25(32-27(34)35)23-8-6-7-11-31-23)20-13-19-17(2)15-28(3,4)33(5)24(19)14-22(20)30/h6-15,25-26H,1-5H3,(H,32,35)/t25-,26+/m1/s1. The molecule has 35 heavy (non-hydrogen) atoms. The van der Waals surface area contributed by atoms with Crippen LogP contribution in [-0.2, 0) is 0 Å². The molecule has 7 heteroatoms. The molecule has 1 fully saturated rings. The van der Waals surface area contributed by atoms with E-state index < -0.39 is 0 Å². The zero-order valence-electron chi connectivity index (χ0n) is 20.4. The summed E-state index contributed by atoms with van der Waals surface area (Å²) < 4.78 is 1.07. The van der Waals surface area contributed by atoms with E-state index >= 15 is 0 Å². The van der Waals surface area contributed by atoms with Crippen LogP contribution >= 0.6 is 39.7 Å². The lowest BCUT2D eigenvalue weighted by atomic mass is 9.86. The largest absolute Gasteiger partial charge is 0.365 e. The van der Waals surface area contributed by atoms with Crippen molar-refractivity contribution < 1.29 is 0 Å². The summed E-state index contributed by atoms with van der Waals surface area (Å²) in [5.41, 5.74) is 7.60. The second-order valence-electron chi connectivity index (χ2n) is 9.86. The normalized spacial score (nSPS) is 21.0. The second kappa shape index (κ2) is 8.91. The molecule has 1 saturated heterocycles. The summed E-state index contributed by atoms with van der Waals surface area (Å²) in [4.78, 5) is 9.14. The van der Waals surface area contributed by atoms with Crippen molar-refractivity contribution in [1.82, 2.24) is 10.3 Å². The van der Waals surface area contributed by atoms with E-state index in [0.717, 1.165) is 37.7 Å². The first kappa shape index (κ1) is 24.3. The van der Waals surface area contributed by atoms with Gasteiger partial charge in [-0.15, -0.1) is 0 Å². The van der Waals surface area contributed by atoms with Crippen LogP contribution in [0.3, 0.4) is 0 Å². The predicted octanol–water partition coefficient (Wildman–Crippen LogP) is 7.61. The Morgan fingerprint density at radius 2 is 1.89 bits per heavy atom. The van der Waals surface area contributed by atoms with Gasteiger partial charge in [0.25, 0.3) is 0 Å². The van der Waals surface area contributed by atoms with Crippen molar-refractivity contribution >= 4 is 61.8 Å². The number of hydrogen-bond acceptors (Lipinski definition) is 3. The molecule has 0 aliphatic carbocycles. The summed E-state index contributed by atoms with van der Waals surface area (Å²) >= 11 is 16.6. The Morgan fingerprint density at radius 1 is 1.11 bits per heavy atom. The monoisotopic (exact) mass is 566 g/mol. The van der Waals surface area contributed by atoms with Crippen LogP contribution in [0.15, 0.2) is 65.3 Å². The summed E-state index contributed by atoms with van der Waals surface area (Å²) in [6.07, 6.45) is 4.14. The topological polar surface area (TPSA) is 31.4 Å². The first-order chi connectivity index (χ1) is 16.6. The molecular formula is C28H28BrClN4S. The van der Waals surface area contributed by atoms with Gasteiger partial charge in [-0.3, -0.25) is 4.98 Å². The van der Waals surface area contributed by atoms with Gasteiger partial charge in [0.15, 0.2) is 5.11 Å². The van der Waals surface area contributed by atoms with Crippen LogP contribution in [0.4, 0.5) is 11.4 Å². The fraction of sp³-hybridized carbons (Fsp3) is 0.286.